The Hall–Kier alpha value is -1.07. The minimum atomic E-state index is -3.54. The number of hydrogen-bond acceptors (Lipinski definition) is 3. The van der Waals surface area contributed by atoms with Crippen molar-refractivity contribution in [3.8, 4) is 0 Å². The van der Waals surface area contributed by atoms with Crippen LogP contribution in [-0.2, 0) is 10.0 Å². The van der Waals surface area contributed by atoms with Crippen molar-refractivity contribution in [2.75, 3.05) is 5.73 Å². The molecular weight excluding hydrogens is 260 g/mol. The first-order valence-corrected chi connectivity index (χ1v) is 8.09. The van der Waals surface area contributed by atoms with Crippen LogP contribution in [0.4, 0.5) is 5.69 Å². The van der Waals surface area contributed by atoms with Gasteiger partial charge in [-0.05, 0) is 44.2 Å². The summed E-state index contributed by atoms with van der Waals surface area (Å²) in [4.78, 5) is 0.200. The van der Waals surface area contributed by atoms with Crippen molar-refractivity contribution in [2.45, 2.75) is 51.5 Å². The SMILES string of the molecule is Cc1cccc(N)c1S(=O)(=O)NC(C)CCC(C)C. The standard InChI is InChI=1S/C14H24N2O2S/c1-10(2)8-9-12(4)16-19(17,18)14-11(3)6-5-7-13(14)15/h5-7,10,12,16H,8-9,15H2,1-4H3. The van der Waals surface area contributed by atoms with Crippen LogP contribution in [0.5, 0.6) is 0 Å². The first-order valence-electron chi connectivity index (χ1n) is 6.61. The van der Waals surface area contributed by atoms with Gasteiger partial charge in [0, 0.05) is 6.04 Å². The van der Waals surface area contributed by atoms with Crippen LogP contribution >= 0.6 is 0 Å². The molecule has 0 spiro atoms. The van der Waals surface area contributed by atoms with Crippen molar-refractivity contribution in [3.63, 3.8) is 0 Å². The molecule has 1 unspecified atom stereocenters. The molecule has 0 aliphatic heterocycles. The maximum absolute atomic E-state index is 12.3. The Balaban J connectivity index is 2.87. The van der Waals surface area contributed by atoms with Gasteiger partial charge in [0.05, 0.1) is 5.69 Å². The van der Waals surface area contributed by atoms with Crippen molar-refractivity contribution < 1.29 is 8.42 Å². The average molecular weight is 284 g/mol. The van der Waals surface area contributed by atoms with Gasteiger partial charge < -0.3 is 5.73 Å². The monoisotopic (exact) mass is 284 g/mol. The van der Waals surface area contributed by atoms with E-state index in [-0.39, 0.29) is 10.9 Å². The van der Waals surface area contributed by atoms with E-state index >= 15 is 0 Å². The molecule has 0 aliphatic rings. The maximum atomic E-state index is 12.3. The molecule has 1 rings (SSSR count). The van der Waals surface area contributed by atoms with Gasteiger partial charge in [0.1, 0.15) is 4.90 Å². The molecule has 5 heteroatoms. The molecule has 0 saturated heterocycles. The number of hydrogen-bond donors (Lipinski definition) is 2. The highest BCUT2D eigenvalue weighted by Gasteiger charge is 2.21. The third kappa shape index (κ3) is 4.51. The molecule has 0 bridgehead atoms. The maximum Gasteiger partial charge on any atom is 0.243 e. The van der Waals surface area contributed by atoms with E-state index in [0.29, 0.717) is 17.2 Å². The van der Waals surface area contributed by atoms with Crippen molar-refractivity contribution in [3.05, 3.63) is 23.8 Å². The Bertz CT molecular complexity index is 504. The van der Waals surface area contributed by atoms with Crippen molar-refractivity contribution >= 4 is 15.7 Å². The second-order valence-electron chi connectivity index (χ2n) is 5.49. The Morgan fingerprint density at radius 2 is 1.84 bits per heavy atom. The van der Waals surface area contributed by atoms with E-state index in [2.05, 4.69) is 18.6 Å². The number of aryl methyl sites for hydroxylation is 1. The van der Waals surface area contributed by atoms with Crippen LogP contribution in [0, 0.1) is 12.8 Å². The Kier molecular flexibility index (Phi) is 5.38. The fourth-order valence-electron chi connectivity index (χ4n) is 2.01. The van der Waals surface area contributed by atoms with Crippen LogP contribution in [0.15, 0.2) is 23.1 Å². The summed E-state index contributed by atoms with van der Waals surface area (Å²) in [6.07, 6.45) is 1.82. The van der Waals surface area contributed by atoms with E-state index in [0.717, 1.165) is 12.8 Å². The van der Waals surface area contributed by atoms with Gasteiger partial charge in [-0.25, -0.2) is 13.1 Å². The summed E-state index contributed by atoms with van der Waals surface area (Å²) in [7, 11) is -3.54. The fraction of sp³-hybridized carbons (Fsp3) is 0.571. The zero-order valence-electron chi connectivity index (χ0n) is 12.1. The Morgan fingerprint density at radius 3 is 2.37 bits per heavy atom. The lowest BCUT2D eigenvalue weighted by Gasteiger charge is -2.17. The van der Waals surface area contributed by atoms with E-state index in [1.807, 2.05) is 6.92 Å². The second-order valence-corrected chi connectivity index (χ2v) is 7.14. The number of nitrogens with two attached hydrogens (primary N) is 1. The molecule has 0 heterocycles. The number of nitrogen functional groups attached to an aromatic ring is 1. The van der Waals surface area contributed by atoms with E-state index in [1.54, 1.807) is 25.1 Å². The third-order valence-electron chi connectivity index (χ3n) is 3.04. The van der Waals surface area contributed by atoms with Gasteiger partial charge in [-0.15, -0.1) is 0 Å². The zero-order valence-corrected chi connectivity index (χ0v) is 12.9. The Labute approximate surface area is 116 Å². The quantitative estimate of drug-likeness (QED) is 0.789. The molecule has 0 aliphatic carbocycles. The minimum absolute atomic E-state index is 0.0913. The van der Waals surface area contributed by atoms with Gasteiger partial charge in [-0.3, -0.25) is 0 Å². The van der Waals surface area contributed by atoms with Crippen LogP contribution in [0.2, 0.25) is 0 Å². The molecule has 108 valence electrons. The molecule has 4 nitrogen and oxygen atoms in total. The summed E-state index contributed by atoms with van der Waals surface area (Å²) in [6.45, 7) is 7.89. The molecule has 0 fully saturated rings. The molecule has 19 heavy (non-hydrogen) atoms. The normalized spacial score (nSPS) is 13.7. The lowest BCUT2D eigenvalue weighted by atomic mass is 10.1. The third-order valence-corrected chi connectivity index (χ3v) is 4.85. The summed E-state index contributed by atoms with van der Waals surface area (Å²) in [6, 6.07) is 5.03. The highest BCUT2D eigenvalue weighted by molar-refractivity contribution is 7.89. The second kappa shape index (κ2) is 6.39. The van der Waals surface area contributed by atoms with Crippen LogP contribution in [0.25, 0.3) is 0 Å². The first kappa shape index (κ1) is 16.0. The lowest BCUT2D eigenvalue weighted by Crippen LogP contribution is -2.33. The first-order chi connectivity index (χ1) is 8.74. The molecule has 0 amide bonds. The molecular formula is C14H24N2O2S. The number of benzene rings is 1. The largest absolute Gasteiger partial charge is 0.398 e. The van der Waals surface area contributed by atoms with Gasteiger partial charge in [-0.1, -0.05) is 26.0 Å². The summed E-state index contributed by atoms with van der Waals surface area (Å²) in [5.74, 6) is 0.565. The highest BCUT2D eigenvalue weighted by atomic mass is 32.2. The molecule has 3 N–H and O–H groups in total. The van der Waals surface area contributed by atoms with Crippen molar-refractivity contribution in [1.82, 2.24) is 4.72 Å². The summed E-state index contributed by atoms with van der Waals surface area (Å²) in [5, 5.41) is 0. The Morgan fingerprint density at radius 1 is 1.21 bits per heavy atom. The smallest absolute Gasteiger partial charge is 0.243 e. The van der Waals surface area contributed by atoms with E-state index < -0.39 is 10.0 Å². The van der Waals surface area contributed by atoms with Gasteiger partial charge in [0.2, 0.25) is 10.0 Å². The topological polar surface area (TPSA) is 72.2 Å². The van der Waals surface area contributed by atoms with Gasteiger partial charge in [0.25, 0.3) is 0 Å². The van der Waals surface area contributed by atoms with E-state index in [1.165, 1.54) is 0 Å². The lowest BCUT2D eigenvalue weighted by molar-refractivity contribution is 0.485. The summed E-state index contributed by atoms with van der Waals surface area (Å²) in [5.41, 5.74) is 6.75. The molecule has 0 radical (unpaired) electrons. The summed E-state index contributed by atoms with van der Waals surface area (Å²) < 4.78 is 27.4. The van der Waals surface area contributed by atoms with Gasteiger partial charge in [-0.2, -0.15) is 0 Å². The predicted octanol–water partition coefficient (Wildman–Crippen LogP) is 2.68. The molecule has 1 aromatic carbocycles. The molecule has 1 aromatic rings. The van der Waals surface area contributed by atoms with Crippen molar-refractivity contribution in [2.24, 2.45) is 5.92 Å². The highest BCUT2D eigenvalue weighted by Crippen LogP contribution is 2.22. The zero-order chi connectivity index (χ0) is 14.6. The number of rotatable bonds is 6. The van der Waals surface area contributed by atoms with E-state index in [4.69, 9.17) is 5.73 Å². The van der Waals surface area contributed by atoms with Crippen LogP contribution in [0.3, 0.4) is 0 Å². The predicted molar refractivity (Wildman–Crippen MR) is 79.4 cm³/mol. The number of anilines is 1. The van der Waals surface area contributed by atoms with Gasteiger partial charge in [0.15, 0.2) is 0 Å². The number of sulfonamides is 1. The van der Waals surface area contributed by atoms with Gasteiger partial charge >= 0.3 is 0 Å². The van der Waals surface area contributed by atoms with Crippen LogP contribution in [-0.4, -0.2) is 14.5 Å². The van der Waals surface area contributed by atoms with Crippen LogP contribution < -0.4 is 10.5 Å². The minimum Gasteiger partial charge on any atom is -0.398 e. The van der Waals surface area contributed by atoms with Crippen LogP contribution in [0.1, 0.15) is 39.2 Å². The molecule has 0 saturated carbocycles. The molecule has 1 atom stereocenters. The molecule has 0 aromatic heterocycles. The fourth-order valence-corrected chi connectivity index (χ4v) is 3.64. The van der Waals surface area contributed by atoms with Crippen molar-refractivity contribution in [1.29, 1.82) is 0 Å². The summed E-state index contributed by atoms with van der Waals surface area (Å²) >= 11 is 0. The number of nitrogens with one attached hydrogen (secondary N) is 1. The average Bonchev–Trinajstić information content (AvgIpc) is 2.25. The van der Waals surface area contributed by atoms with E-state index in [9.17, 15) is 8.42 Å².